The van der Waals surface area contributed by atoms with Gasteiger partial charge in [0.05, 0.1) is 15.5 Å². The summed E-state index contributed by atoms with van der Waals surface area (Å²) in [6.07, 6.45) is 0. The lowest BCUT2D eigenvalue weighted by atomic mass is 10.2. The highest BCUT2D eigenvalue weighted by atomic mass is 35.5. The van der Waals surface area contributed by atoms with Crippen molar-refractivity contribution in [3.05, 3.63) is 28.8 Å². The average molecular weight is 232 g/mol. The monoisotopic (exact) mass is 231 g/mol. The van der Waals surface area contributed by atoms with E-state index in [2.05, 4.69) is 0 Å². The van der Waals surface area contributed by atoms with E-state index < -0.39 is 10.0 Å². The molecule has 0 aliphatic carbocycles. The highest BCUT2D eigenvalue weighted by molar-refractivity contribution is 7.89. The van der Waals surface area contributed by atoms with E-state index >= 15 is 0 Å². The molecule has 0 bridgehead atoms. The molecule has 0 saturated carbocycles. The summed E-state index contributed by atoms with van der Waals surface area (Å²) in [5.74, 6) is 4.81. The molecule has 0 heterocycles. The van der Waals surface area contributed by atoms with Crippen LogP contribution in [0.15, 0.2) is 23.1 Å². The molecule has 0 aliphatic heterocycles. The SMILES string of the molecule is N#Cc1cc(S(=O)(=O)NN)ccc1Cl. The van der Waals surface area contributed by atoms with Crippen molar-refractivity contribution in [1.82, 2.24) is 4.83 Å². The third kappa shape index (κ3) is 2.02. The first-order valence-electron chi connectivity index (χ1n) is 3.43. The fourth-order valence-electron chi connectivity index (χ4n) is 0.825. The van der Waals surface area contributed by atoms with Crippen LogP contribution in [0.4, 0.5) is 0 Å². The van der Waals surface area contributed by atoms with E-state index in [0.717, 1.165) is 6.07 Å². The van der Waals surface area contributed by atoms with Crippen molar-refractivity contribution in [2.75, 3.05) is 0 Å². The van der Waals surface area contributed by atoms with E-state index in [4.69, 9.17) is 22.7 Å². The van der Waals surface area contributed by atoms with Gasteiger partial charge in [0.15, 0.2) is 0 Å². The Kier molecular flexibility index (Phi) is 3.08. The standard InChI is InChI=1S/C7H6ClN3O2S/c8-7-2-1-6(3-5(7)4-9)14(12,13)11-10/h1-3,11H,10H2. The van der Waals surface area contributed by atoms with Crippen LogP contribution in [0.3, 0.4) is 0 Å². The van der Waals surface area contributed by atoms with Crippen LogP contribution in [-0.2, 0) is 10.0 Å². The number of nitrogens with zero attached hydrogens (tertiary/aromatic N) is 1. The summed E-state index contributed by atoms with van der Waals surface area (Å²) >= 11 is 5.62. The van der Waals surface area contributed by atoms with Crippen LogP contribution in [0.2, 0.25) is 5.02 Å². The van der Waals surface area contributed by atoms with Crippen LogP contribution in [0, 0.1) is 11.3 Å². The minimum atomic E-state index is -3.73. The van der Waals surface area contributed by atoms with E-state index in [1.807, 2.05) is 0 Å². The van der Waals surface area contributed by atoms with Gasteiger partial charge in [-0.25, -0.2) is 8.42 Å². The number of rotatable bonds is 2. The van der Waals surface area contributed by atoms with Crippen molar-refractivity contribution in [3.8, 4) is 6.07 Å². The number of hydrazine groups is 1. The Morgan fingerprint density at radius 3 is 2.64 bits per heavy atom. The van der Waals surface area contributed by atoms with E-state index in [1.165, 1.54) is 12.1 Å². The zero-order valence-corrected chi connectivity index (χ0v) is 8.43. The molecular weight excluding hydrogens is 226 g/mol. The number of nitrogens with one attached hydrogen (secondary N) is 1. The maximum atomic E-state index is 11.2. The molecule has 0 amide bonds. The predicted molar refractivity (Wildman–Crippen MR) is 50.7 cm³/mol. The van der Waals surface area contributed by atoms with Crippen molar-refractivity contribution in [1.29, 1.82) is 5.26 Å². The Morgan fingerprint density at radius 1 is 1.50 bits per heavy atom. The number of hydrogen-bond donors (Lipinski definition) is 2. The predicted octanol–water partition coefficient (Wildman–Crippen LogP) is 0.364. The quantitative estimate of drug-likeness (QED) is 0.568. The Hall–Kier alpha value is -1.13. The fourth-order valence-corrected chi connectivity index (χ4v) is 1.64. The molecular formula is C7H6ClN3O2S. The number of hydrogen-bond acceptors (Lipinski definition) is 4. The van der Waals surface area contributed by atoms with Crippen LogP contribution in [0.1, 0.15) is 5.56 Å². The van der Waals surface area contributed by atoms with Crippen LogP contribution in [-0.4, -0.2) is 8.42 Å². The summed E-state index contributed by atoms with van der Waals surface area (Å²) in [4.78, 5) is 1.55. The molecule has 74 valence electrons. The topological polar surface area (TPSA) is 96.0 Å². The minimum Gasteiger partial charge on any atom is -0.257 e. The molecule has 14 heavy (non-hydrogen) atoms. The highest BCUT2D eigenvalue weighted by Gasteiger charge is 2.13. The molecule has 1 aromatic carbocycles. The van der Waals surface area contributed by atoms with Gasteiger partial charge < -0.3 is 0 Å². The summed E-state index contributed by atoms with van der Waals surface area (Å²) < 4.78 is 22.4. The second-order valence-electron chi connectivity index (χ2n) is 2.37. The van der Waals surface area contributed by atoms with Gasteiger partial charge >= 0.3 is 0 Å². The Labute approximate surface area is 86.1 Å². The summed E-state index contributed by atoms with van der Waals surface area (Å²) in [6.45, 7) is 0. The Bertz CT molecular complexity index is 492. The van der Waals surface area contributed by atoms with Crippen LogP contribution in [0.5, 0.6) is 0 Å². The zero-order valence-electron chi connectivity index (χ0n) is 6.86. The summed E-state index contributed by atoms with van der Waals surface area (Å²) in [5.41, 5.74) is 0.0861. The molecule has 0 fully saturated rings. The summed E-state index contributed by atoms with van der Waals surface area (Å²) in [6, 6.07) is 5.50. The average Bonchev–Trinajstić information content (AvgIpc) is 2.18. The van der Waals surface area contributed by atoms with Gasteiger partial charge in [-0.15, -0.1) is 0 Å². The minimum absolute atomic E-state index is 0.0861. The van der Waals surface area contributed by atoms with E-state index in [-0.39, 0.29) is 15.5 Å². The summed E-state index contributed by atoms with van der Waals surface area (Å²) in [7, 11) is -3.73. The second kappa shape index (κ2) is 3.94. The van der Waals surface area contributed by atoms with Gasteiger partial charge in [-0.1, -0.05) is 11.6 Å². The van der Waals surface area contributed by atoms with Crippen molar-refractivity contribution < 1.29 is 8.42 Å². The first kappa shape index (κ1) is 10.9. The van der Waals surface area contributed by atoms with Gasteiger partial charge in [-0.2, -0.15) is 10.1 Å². The number of benzene rings is 1. The van der Waals surface area contributed by atoms with Crippen molar-refractivity contribution in [2.24, 2.45) is 5.84 Å². The van der Waals surface area contributed by atoms with Crippen LogP contribution >= 0.6 is 11.6 Å². The molecule has 0 unspecified atom stereocenters. The van der Waals surface area contributed by atoms with Crippen LogP contribution in [0.25, 0.3) is 0 Å². The molecule has 1 aromatic rings. The van der Waals surface area contributed by atoms with Gasteiger partial charge in [-0.05, 0) is 18.2 Å². The number of nitriles is 1. The molecule has 0 spiro atoms. The molecule has 1 rings (SSSR count). The lowest BCUT2D eigenvalue weighted by Crippen LogP contribution is -2.30. The molecule has 7 heteroatoms. The smallest absolute Gasteiger partial charge is 0.253 e. The first-order valence-corrected chi connectivity index (χ1v) is 5.29. The Balaban J connectivity index is 3.36. The van der Waals surface area contributed by atoms with E-state index in [0.29, 0.717) is 0 Å². The van der Waals surface area contributed by atoms with Gasteiger partial charge in [-0.3, -0.25) is 5.84 Å². The zero-order chi connectivity index (χ0) is 10.8. The Morgan fingerprint density at radius 2 is 2.14 bits per heavy atom. The van der Waals surface area contributed by atoms with Crippen molar-refractivity contribution in [2.45, 2.75) is 4.90 Å². The lowest BCUT2D eigenvalue weighted by Gasteiger charge is -2.02. The third-order valence-electron chi connectivity index (χ3n) is 1.52. The first-order chi connectivity index (χ1) is 6.51. The van der Waals surface area contributed by atoms with Gasteiger partial charge in [0, 0.05) is 0 Å². The lowest BCUT2D eigenvalue weighted by molar-refractivity contribution is 0.584. The van der Waals surface area contributed by atoms with Crippen molar-refractivity contribution >= 4 is 21.6 Å². The maximum absolute atomic E-state index is 11.2. The molecule has 0 saturated heterocycles. The highest BCUT2D eigenvalue weighted by Crippen LogP contribution is 2.18. The molecule has 5 nitrogen and oxygen atoms in total. The van der Waals surface area contributed by atoms with Crippen LogP contribution < -0.4 is 10.7 Å². The normalized spacial score (nSPS) is 10.9. The fraction of sp³-hybridized carbons (Fsp3) is 0. The molecule has 0 aromatic heterocycles. The van der Waals surface area contributed by atoms with Gasteiger partial charge in [0.25, 0.3) is 10.0 Å². The van der Waals surface area contributed by atoms with Crippen molar-refractivity contribution in [3.63, 3.8) is 0 Å². The largest absolute Gasteiger partial charge is 0.257 e. The number of halogens is 1. The molecule has 0 radical (unpaired) electrons. The number of sulfonamides is 1. The molecule has 0 aliphatic rings. The van der Waals surface area contributed by atoms with E-state index in [9.17, 15) is 8.42 Å². The number of nitrogens with two attached hydrogens (primary N) is 1. The van der Waals surface area contributed by atoms with E-state index in [1.54, 1.807) is 10.9 Å². The summed E-state index contributed by atoms with van der Waals surface area (Å²) in [5, 5.41) is 8.80. The van der Waals surface area contributed by atoms with Gasteiger partial charge in [0.2, 0.25) is 0 Å². The van der Waals surface area contributed by atoms with Gasteiger partial charge in [0.1, 0.15) is 6.07 Å². The third-order valence-corrected chi connectivity index (χ3v) is 3.04. The maximum Gasteiger partial charge on any atom is 0.253 e. The second-order valence-corrected chi connectivity index (χ2v) is 4.50. The molecule has 0 atom stereocenters. The molecule has 3 N–H and O–H groups in total.